The topological polar surface area (TPSA) is 81.5 Å². The summed E-state index contributed by atoms with van der Waals surface area (Å²) < 4.78 is 6.14. The Morgan fingerprint density at radius 1 is 1.03 bits per heavy atom. The lowest BCUT2D eigenvalue weighted by Crippen LogP contribution is -2.29. The quantitative estimate of drug-likeness (QED) is 0.458. The van der Waals surface area contributed by atoms with Crippen LogP contribution in [0.15, 0.2) is 46.7 Å². The highest BCUT2D eigenvalue weighted by Crippen LogP contribution is 2.26. The summed E-state index contributed by atoms with van der Waals surface area (Å²) >= 11 is 0. The molecule has 0 spiro atoms. The lowest BCUT2D eigenvalue weighted by atomic mass is 9.99. The van der Waals surface area contributed by atoms with Gasteiger partial charge >= 0.3 is 0 Å². The van der Waals surface area contributed by atoms with E-state index in [2.05, 4.69) is 28.6 Å². The van der Waals surface area contributed by atoms with Crippen LogP contribution in [0.25, 0.3) is 0 Å². The molecule has 0 unspecified atom stereocenters. The number of nitrogens with one attached hydrogen (secondary N) is 1. The SMILES string of the molecule is CCON=C(CC)c1cc(C)c(OCc2ccccc2C(=NOC)C(=O)NC)cc1C. The van der Waals surface area contributed by atoms with E-state index >= 15 is 0 Å². The number of rotatable bonds is 10. The van der Waals surface area contributed by atoms with Gasteiger partial charge in [0.05, 0.1) is 5.71 Å². The zero-order chi connectivity index (χ0) is 22.8. The Morgan fingerprint density at radius 3 is 2.42 bits per heavy atom. The summed E-state index contributed by atoms with van der Waals surface area (Å²) in [5.41, 5.74) is 5.70. The normalized spacial score (nSPS) is 11.8. The molecule has 0 saturated carbocycles. The van der Waals surface area contributed by atoms with Gasteiger partial charge in [-0.2, -0.15) is 0 Å². The molecule has 0 fully saturated rings. The van der Waals surface area contributed by atoms with Gasteiger partial charge in [-0.1, -0.05) is 41.5 Å². The van der Waals surface area contributed by atoms with Gasteiger partial charge in [-0.05, 0) is 56.0 Å². The van der Waals surface area contributed by atoms with Gasteiger partial charge in [-0.25, -0.2) is 0 Å². The first kappa shape index (κ1) is 23.9. The molecule has 0 atom stereocenters. The molecule has 0 aliphatic carbocycles. The lowest BCUT2D eigenvalue weighted by Gasteiger charge is -2.16. The van der Waals surface area contributed by atoms with Gasteiger partial charge in [0.1, 0.15) is 26.1 Å². The Kier molecular flexibility index (Phi) is 9.06. The number of hydrogen-bond acceptors (Lipinski definition) is 6. The predicted octanol–water partition coefficient (Wildman–Crippen LogP) is 4.13. The van der Waals surface area contributed by atoms with Crippen molar-refractivity contribution < 1.29 is 19.2 Å². The van der Waals surface area contributed by atoms with Gasteiger partial charge < -0.3 is 19.7 Å². The highest BCUT2D eigenvalue weighted by molar-refractivity contribution is 6.45. The second kappa shape index (κ2) is 11.7. The number of nitrogens with zero attached hydrogens (tertiary/aromatic N) is 2. The van der Waals surface area contributed by atoms with Crippen LogP contribution in [-0.4, -0.2) is 38.1 Å². The van der Waals surface area contributed by atoms with E-state index in [1.165, 1.54) is 7.11 Å². The minimum atomic E-state index is -0.327. The molecule has 1 amide bonds. The summed E-state index contributed by atoms with van der Waals surface area (Å²) in [6, 6.07) is 11.6. The molecule has 2 aromatic rings. The standard InChI is InChI=1S/C24H31N3O4/c1-7-21(26-31-8-2)20-13-17(4)22(14-16(20)3)30-15-18-11-9-10-12-19(18)23(27-29-6)24(28)25-5/h9-14H,7-8,15H2,1-6H3,(H,25,28). The first-order chi connectivity index (χ1) is 15.0. The van der Waals surface area contributed by atoms with Crippen molar-refractivity contribution in [1.29, 1.82) is 0 Å². The van der Waals surface area contributed by atoms with Gasteiger partial charge in [0.2, 0.25) is 0 Å². The Hall–Kier alpha value is -3.35. The molecular formula is C24H31N3O4. The van der Waals surface area contributed by atoms with E-state index in [0.29, 0.717) is 12.2 Å². The summed E-state index contributed by atoms with van der Waals surface area (Å²) in [6.45, 7) is 8.81. The van der Waals surface area contributed by atoms with Crippen molar-refractivity contribution in [3.63, 3.8) is 0 Å². The molecule has 2 rings (SSSR count). The number of ether oxygens (including phenoxy) is 1. The molecule has 0 aliphatic rings. The van der Waals surface area contributed by atoms with Crippen molar-refractivity contribution >= 4 is 17.3 Å². The van der Waals surface area contributed by atoms with Crippen LogP contribution in [0.3, 0.4) is 0 Å². The third kappa shape index (κ3) is 6.07. The predicted molar refractivity (Wildman–Crippen MR) is 123 cm³/mol. The lowest BCUT2D eigenvalue weighted by molar-refractivity contribution is -0.114. The number of aryl methyl sites for hydroxylation is 2. The van der Waals surface area contributed by atoms with Crippen LogP contribution in [0.2, 0.25) is 0 Å². The zero-order valence-corrected chi connectivity index (χ0v) is 19.1. The van der Waals surface area contributed by atoms with Crippen molar-refractivity contribution in [2.24, 2.45) is 10.3 Å². The summed E-state index contributed by atoms with van der Waals surface area (Å²) in [5, 5.41) is 10.7. The second-order valence-corrected chi connectivity index (χ2v) is 6.89. The van der Waals surface area contributed by atoms with Crippen LogP contribution < -0.4 is 10.1 Å². The van der Waals surface area contributed by atoms with E-state index in [1.54, 1.807) is 7.05 Å². The molecule has 0 aromatic heterocycles. The van der Waals surface area contributed by atoms with E-state index in [1.807, 2.05) is 51.1 Å². The van der Waals surface area contributed by atoms with E-state index in [0.717, 1.165) is 40.1 Å². The molecule has 0 radical (unpaired) electrons. The van der Waals surface area contributed by atoms with Crippen molar-refractivity contribution in [1.82, 2.24) is 5.32 Å². The van der Waals surface area contributed by atoms with Crippen molar-refractivity contribution in [2.75, 3.05) is 20.8 Å². The number of amides is 1. The molecule has 7 heteroatoms. The average Bonchev–Trinajstić information content (AvgIpc) is 2.78. The number of hydrogen-bond donors (Lipinski definition) is 1. The van der Waals surface area contributed by atoms with Crippen LogP contribution in [0, 0.1) is 13.8 Å². The third-order valence-electron chi connectivity index (χ3n) is 4.75. The smallest absolute Gasteiger partial charge is 0.273 e. The van der Waals surface area contributed by atoms with Crippen LogP contribution in [0.5, 0.6) is 5.75 Å². The highest BCUT2D eigenvalue weighted by atomic mass is 16.6. The Morgan fingerprint density at radius 2 is 1.77 bits per heavy atom. The number of oxime groups is 2. The average molecular weight is 426 g/mol. The minimum absolute atomic E-state index is 0.201. The number of benzene rings is 2. The Labute approximate surface area is 184 Å². The van der Waals surface area contributed by atoms with E-state index in [9.17, 15) is 4.79 Å². The molecule has 1 N–H and O–H groups in total. The van der Waals surface area contributed by atoms with E-state index < -0.39 is 0 Å². The summed E-state index contributed by atoms with van der Waals surface area (Å²) in [6.07, 6.45) is 0.773. The maximum Gasteiger partial charge on any atom is 0.273 e. The van der Waals surface area contributed by atoms with E-state index in [4.69, 9.17) is 14.4 Å². The van der Waals surface area contributed by atoms with E-state index in [-0.39, 0.29) is 18.2 Å². The van der Waals surface area contributed by atoms with Gasteiger partial charge in [0.15, 0.2) is 5.71 Å². The Bertz CT molecular complexity index is 967. The number of carbonyl (C=O) groups excluding carboxylic acids is 1. The molecule has 0 aliphatic heterocycles. The molecule has 2 aromatic carbocycles. The van der Waals surface area contributed by atoms with Crippen molar-refractivity contribution in [3.8, 4) is 5.75 Å². The third-order valence-corrected chi connectivity index (χ3v) is 4.75. The zero-order valence-electron chi connectivity index (χ0n) is 19.1. The van der Waals surface area contributed by atoms with Gasteiger partial charge in [0.25, 0.3) is 5.91 Å². The molecule has 0 heterocycles. The van der Waals surface area contributed by atoms with Gasteiger partial charge in [-0.3, -0.25) is 4.79 Å². The fourth-order valence-corrected chi connectivity index (χ4v) is 3.16. The summed E-state index contributed by atoms with van der Waals surface area (Å²) in [4.78, 5) is 22.4. The number of likely N-dealkylation sites (N-methyl/N-ethyl adjacent to an activating group) is 1. The van der Waals surface area contributed by atoms with Crippen LogP contribution in [0.1, 0.15) is 48.1 Å². The van der Waals surface area contributed by atoms with Crippen molar-refractivity contribution in [3.05, 3.63) is 64.2 Å². The highest BCUT2D eigenvalue weighted by Gasteiger charge is 2.18. The number of carbonyl (C=O) groups is 1. The van der Waals surface area contributed by atoms with Crippen LogP contribution in [-0.2, 0) is 21.1 Å². The Balaban J connectivity index is 2.31. The maximum absolute atomic E-state index is 12.2. The molecule has 0 bridgehead atoms. The fourth-order valence-electron chi connectivity index (χ4n) is 3.16. The van der Waals surface area contributed by atoms with Gasteiger partial charge in [0, 0.05) is 18.2 Å². The summed E-state index contributed by atoms with van der Waals surface area (Å²) in [7, 11) is 2.97. The van der Waals surface area contributed by atoms with Crippen LogP contribution in [0.4, 0.5) is 0 Å². The monoisotopic (exact) mass is 425 g/mol. The molecule has 166 valence electrons. The molecular weight excluding hydrogens is 394 g/mol. The molecule has 7 nitrogen and oxygen atoms in total. The second-order valence-electron chi connectivity index (χ2n) is 6.89. The first-order valence-corrected chi connectivity index (χ1v) is 10.3. The molecule has 0 saturated heterocycles. The van der Waals surface area contributed by atoms with Crippen molar-refractivity contribution in [2.45, 2.75) is 40.7 Å². The summed E-state index contributed by atoms with van der Waals surface area (Å²) in [5.74, 6) is 0.444. The first-order valence-electron chi connectivity index (χ1n) is 10.3. The largest absolute Gasteiger partial charge is 0.489 e. The fraction of sp³-hybridized carbons (Fsp3) is 0.375. The minimum Gasteiger partial charge on any atom is -0.489 e. The van der Waals surface area contributed by atoms with Gasteiger partial charge in [-0.15, -0.1) is 0 Å². The maximum atomic E-state index is 12.2. The molecule has 31 heavy (non-hydrogen) atoms. The van der Waals surface area contributed by atoms with Crippen LogP contribution >= 0.6 is 0 Å².